The van der Waals surface area contributed by atoms with Gasteiger partial charge in [-0.1, -0.05) is 89.8 Å². The summed E-state index contributed by atoms with van der Waals surface area (Å²) in [5, 5.41) is 11.6. The molecular weight excluding hydrogens is 398 g/mol. The minimum absolute atomic E-state index is 0.184. The van der Waals surface area contributed by atoms with Crippen molar-refractivity contribution in [2.75, 3.05) is 5.32 Å². The van der Waals surface area contributed by atoms with Crippen LogP contribution in [0.3, 0.4) is 0 Å². The molecule has 4 nitrogen and oxygen atoms in total. The van der Waals surface area contributed by atoms with E-state index in [2.05, 4.69) is 34.6 Å². The first-order chi connectivity index (χ1) is 14.2. The van der Waals surface area contributed by atoms with Gasteiger partial charge in [0.1, 0.15) is 0 Å². The molecule has 0 aliphatic heterocycles. The molecule has 1 heterocycles. The monoisotopic (exact) mass is 417 g/mol. The summed E-state index contributed by atoms with van der Waals surface area (Å²) in [6.07, 6.45) is 0. The Balaban J connectivity index is 1.37. The number of benzene rings is 3. The fourth-order valence-corrected chi connectivity index (χ4v) is 4.67. The van der Waals surface area contributed by atoms with E-state index in [9.17, 15) is 4.79 Å². The molecule has 0 fully saturated rings. The Morgan fingerprint density at radius 1 is 0.897 bits per heavy atom. The van der Waals surface area contributed by atoms with Crippen molar-refractivity contribution in [2.24, 2.45) is 0 Å². The summed E-state index contributed by atoms with van der Waals surface area (Å²) in [5.74, 6) is 0.646. The molecule has 4 aromatic rings. The molecule has 1 N–H and O–H groups in total. The van der Waals surface area contributed by atoms with Crippen molar-refractivity contribution in [3.8, 4) is 11.1 Å². The van der Waals surface area contributed by atoms with Crippen molar-refractivity contribution < 1.29 is 4.79 Å². The van der Waals surface area contributed by atoms with Gasteiger partial charge in [0.15, 0.2) is 4.34 Å². The fourth-order valence-electron chi connectivity index (χ4n) is 2.84. The first-order valence-electron chi connectivity index (χ1n) is 9.17. The maximum absolute atomic E-state index is 12.5. The number of nitrogens with zero attached hydrogens (tertiary/aromatic N) is 2. The Labute approximate surface area is 178 Å². The first kappa shape index (κ1) is 19.4. The largest absolute Gasteiger partial charge is 0.296 e. The van der Waals surface area contributed by atoms with Gasteiger partial charge < -0.3 is 0 Å². The number of hydrogen-bond donors (Lipinski definition) is 1. The van der Waals surface area contributed by atoms with Crippen LogP contribution in [0, 0.1) is 6.92 Å². The zero-order valence-corrected chi connectivity index (χ0v) is 17.5. The highest BCUT2D eigenvalue weighted by Gasteiger charge is 2.11. The predicted octanol–water partition coefficient (Wildman–Crippen LogP) is 6.06. The minimum Gasteiger partial charge on any atom is -0.296 e. The van der Waals surface area contributed by atoms with Gasteiger partial charge in [0.05, 0.1) is 0 Å². The number of nitrogens with one attached hydrogen (secondary N) is 1. The fraction of sp³-hybridized carbons (Fsp3) is 0.0870. The molecule has 1 aromatic heterocycles. The Bertz CT molecular complexity index is 1110. The number of aryl methyl sites for hydroxylation is 1. The van der Waals surface area contributed by atoms with Crippen LogP contribution in [-0.4, -0.2) is 16.1 Å². The van der Waals surface area contributed by atoms with Crippen LogP contribution in [0.25, 0.3) is 11.1 Å². The van der Waals surface area contributed by atoms with E-state index >= 15 is 0 Å². The van der Waals surface area contributed by atoms with Crippen molar-refractivity contribution in [3.63, 3.8) is 0 Å². The van der Waals surface area contributed by atoms with E-state index in [-0.39, 0.29) is 5.91 Å². The van der Waals surface area contributed by atoms with Crippen LogP contribution in [0.5, 0.6) is 0 Å². The molecule has 1 amide bonds. The molecule has 0 saturated heterocycles. The van der Waals surface area contributed by atoms with E-state index in [4.69, 9.17) is 0 Å². The molecule has 4 rings (SSSR count). The predicted molar refractivity (Wildman–Crippen MR) is 120 cm³/mol. The van der Waals surface area contributed by atoms with Gasteiger partial charge in [-0.15, -0.1) is 10.2 Å². The third-order valence-corrected chi connectivity index (χ3v) is 6.51. The third-order valence-electron chi connectivity index (χ3n) is 4.49. The lowest BCUT2D eigenvalue weighted by Crippen LogP contribution is -2.11. The summed E-state index contributed by atoms with van der Waals surface area (Å²) >= 11 is 3.01. The van der Waals surface area contributed by atoms with Gasteiger partial charge >= 0.3 is 0 Å². The van der Waals surface area contributed by atoms with Crippen LogP contribution < -0.4 is 5.32 Å². The zero-order valence-electron chi connectivity index (χ0n) is 15.8. The Hall–Kier alpha value is -2.96. The summed E-state index contributed by atoms with van der Waals surface area (Å²) in [7, 11) is 0. The highest BCUT2D eigenvalue weighted by molar-refractivity contribution is 8.00. The van der Waals surface area contributed by atoms with Crippen molar-refractivity contribution in [1.82, 2.24) is 10.2 Å². The SMILES string of the molecule is Cc1ccccc1CSc1nnc(NC(=O)c2ccc(-c3ccccc3)cc2)s1. The molecule has 3 aromatic carbocycles. The average molecular weight is 418 g/mol. The van der Waals surface area contributed by atoms with E-state index in [1.165, 1.54) is 22.5 Å². The summed E-state index contributed by atoms with van der Waals surface area (Å²) in [6, 6.07) is 25.9. The minimum atomic E-state index is -0.184. The summed E-state index contributed by atoms with van der Waals surface area (Å²) in [5.41, 5.74) is 5.33. The molecule has 0 aliphatic rings. The van der Waals surface area contributed by atoms with Crippen molar-refractivity contribution in [1.29, 1.82) is 0 Å². The van der Waals surface area contributed by atoms with Crippen molar-refractivity contribution in [2.45, 2.75) is 17.0 Å². The average Bonchev–Trinajstić information content (AvgIpc) is 3.21. The lowest BCUT2D eigenvalue weighted by Gasteiger charge is -2.04. The quantitative estimate of drug-likeness (QED) is 0.306. The van der Waals surface area contributed by atoms with Crippen LogP contribution in [-0.2, 0) is 5.75 Å². The van der Waals surface area contributed by atoms with Gasteiger partial charge in [-0.05, 0) is 41.3 Å². The number of carbonyl (C=O) groups excluding carboxylic acids is 1. The van der Waals surface area contributed by atoms with E-state index in [1.807, 2.05) is 66.7 Å². The smallest absolute Gasteiger partial charge is 0.257 e. The number of thioether (sulfide) groups is 1. The Morgan fingerprint density at radius 2 is 1.59 bits per heavy atom. The van der Waals surface area contributed by atoms with Crippen LogP contribution in [0.1, 0.15) is 21.5 Å². The van der Waals surface area contributed by atoms with Crippen LogP contribution >= 0.6 is 23.1 Å². The Kier molecular flexibility index (Phi) is 6.03. The van der Waals surface area contributed by atoms with Gasteiger partial charge in [0.25, 0.3) is 5.91 Å². The molecule has 0 aliphatic carbocycles. The number of aromatic nitrogens is 2. The van der Waals surface area contributed by atoms with Gasteiger partial charge in [-0.2, -0.15) is 0 Å². The highest BCUT2D eigenvalue weighted by Crippen LogP contribution is 2.29. The molecule has 0 atom stereocenters. The second-order valence-electron chi connectivity index (χ2n) is 6.49. The topological polar surface area (TPSA) is 54.9 Å². The zero-order chi connectivity index (χ0) is 20.1. The molecule has 0 bridgehead atoms. The summed E-state index contributed by atoms with van der Waals surface area (Å²) in [4.78, 5) is 12.5. The van der Waals surface area contributed by atoms with E-state index in [0.717, 1.165) is 21.2 Å². The molecule has 0 radical (unpaired) electrons. The molecule has 6 heteroatoms. The highest BCUT2D eigenvalue weighted by atomic mass is 32.2. The van der Waals surface area contributed by atoms with Crippen LogP contribution in [0.2, 0.25) is 0 Å². The van der Waals surface area contributed by atoms with E-state index < -0.39 is 0 Å². The van der Waals surface area contributed by atoms with Gasteiger partial charge in [-0.3, -0.25) is 10.1 Å². The number of anilines is 1. The third kappa shape index (κ3) is 4.91. The maximum Gasteiger partial charge on any atom is 0.257 e. The molecule has 144 valence electrons. The summed E-state index contributed by atoms with van der Waals surface area (Å²) < 4.78 is 0.836. The first-order valence-corrected chi connectivity index (χ1v) is 11.0. The Morgan fingerprint density at radius 3 is 2.34 bits per heavy atom. The second-order valence-corrected chi connectivity index (χ2v) is 8.69. The maximum atomic E-state index is 12.5. The number of amides is 1. The number of rotatable bonds is 6. The van der Waals surface area contributed by atoms with E-state index in [1.54, 1.807) is 11.8 Å². The molecule has 0 spiro atoms. The lowest BCUT2D eigenvalue weighted by atomic mass is 10.0. The number of carbonyl (C=O) groups is 1. The second kappa shape index (κ2) is 9.03. The van der Waals surface area contributed by atoms with Gasteiger partial charge in [0, 0.05) is 11.3 Å². The van der Waals surface area contributed by atoms with Crippen LogP contribution in [0.15, 0.2) is 83.2 Å². The van der Waals surface area contributed by atoms with Gasteiger partial charge in [-0.25, -0.2) is 0 Å². The van der Waals surface area contributed by atoms with Gasteiger partial charge in [0.2, 0.25) is 5.13 Å². The normalized spacial score (nSPS) is 10.7. The summed E-state index contributed by atoms with van der Waals surface area (Å²) in [6.45, 7) is 2.10. The van der Waals surface area contributed by atoms with Crippen LogP contribution in [0.4, 0.5) is 5.13 Å². The van der Waals surface area contributed by atoms with E-state index in [0.29, 0.717) is 10.7 Å². The molecule has 0 saturated carbocycles. The van der Waals surface area contributed by atoms with Crippen molar-refractivity contribution in [3.05, 3.63) is 95.6 Å². The lowest BCUT2D eigenvalue weighted by molar-refractivity contribution is 0.102. The standard InChI is InChI=1S/C23H19N3OS2/c1-16-7-5-6-10-20(16)15-28-23-26-25-22(29-23)24-21(27)19-13-11-18(12-14-19)17-8-3-2-4-9-17/h2-14H,15H2,1H3,(H,24,25,27). The number of hydrogen-bond acceptors (Lipinski definition) is 5. The van der Waals surface area contributed by atoms with Crippen molar-refractivity contribution >= 4 is 34.1 Å². The molecular formula is C23H19N3OS2. The molecule has 0 unspecified atom stereocenters. The molecule has 29 heavy (non-hydrogen) atoms.